The van der Waals surface area contributed by atoms with E-state index in [1.165, 1.54) is 18.5 Å². The Bertz CT molecular complexity index is 1510. The summed E-state index contributed by atoms with van der Waals surface area (Å²) in [6.45, 7) is 4.71. The van der Waals surface area contributed by atoms with Gasteiger partial charge in [-0.25, -0.2) is 14.4 Å². The van der Waals surface area contributed by atoms with Crippen LogP contribution in [-0.2, 0) is 4.79 Å². The van der Waals surface area contributed by atoms with Gasteiger partial charge in [0.1, 0.15) is 29.1 Å². The van der Waals surface area contributed by atoms with Crippen LogP contribution in [0.3, 0.4) is 0 Å². The number of nitrogens with two attached hydrogens (primary N) is 1. The quantitative estimate of drug-likeness (QED) is 0.371. The van der Waals surface area contributed by atoms with Gasteiger partial charge in [0.15, 0.2) is 5.58 Å². The third-order valence-electron chi connectivity index (χ3n) is 5.86. The Kier molecular flexibility index (Phi) is 5.17. The first-order valence-corrected chi connectivity index (χ1v) is 10.7. The number of hydrogen-bond acceptors (Lipinski definition) is 7. The molecule has 34 heavy (non-hydrogen) atoms. The molecule has 0 saturated carbocycles. The van der Waals surface area contributed by atoms with Crippen LogP contribution in [0, 0.1) is 17.7 Å². The van der Waals surface area contributed by atoms with E-state index in [0.717, 1.165) is 6.42 Å². The fraction of sp³-hybridized carbons (Fsp3) is 0.250. The third kappa shape index (κ3) is 3.61. The number of rotatable bonds is 3. The molecule has 10 heteroatoms. The monoisotopic (exact) mass is 459 g/mol. The minimum Gasteiger partial charge on any atom is -0.423 e. The second-order valence-electron chi connectivity index (χ2n) is 8.28. The van der Waals surface area contributed by atoms with Crippen LogP contribution >= 0.6 is 0 Å². The number of halogens is 1. The molecule has 1 fully saturated rings. The van der Waals surface area contributed by atoms with Gasteiger partial charge in [0, 0.05) is 39.4 Å². The minimum absolute atomic E-state index is 0.00363. The van der Waals surface area contributed by atoms with Gasteiger partial charge in [0.2, 0.25) is 5.91 Å². The van der Waals surface area contributed by atoms with E-state index < -0.39 is 5.82 Å². The molecule has 1 aromatic carbocycles. The molecular weight excluding hydrogens is 437 g/mol. The smallest absolute Gasteiger partial charge is 0.297 e. The Balaban J connectivity index is 1.55. The summed E-state index contributed by atoms with van der Waals surface area (Å²) in [5.41, 5.74) is 8.41. The highest BCUT2D eigenvalue weighted by Gasteiger charge is 2.28. The van der Waals surface area contributed by atoms with Gasteiger partial charge in [-0.15, -0.1) is 0 Å². The van der Waals surface area contributed by atoms with E-state index in [1.807, 2.05) is 10.8 Å². The second kappa shape index (κ2) is 8.19. The summed E-state index contributed by atoms with van der Waals surface area (Å²) in [6, 6.07) is 3.23. The van der Waals surface area contributed by atoms with E-state index >= 15 is 0 Å². The molecule has 3 aromatic heterocycles. The molecule has 1 aliphatic heterocycles. The van der Waals surface area contributed by atoms with Gasteiger partial charge >= 0.3 is 0 Å². The number of fused-ring (bicyclic) bond motifs is 2. The second-order valence-corrected chi connectivity index (χ2v) is 8.28. The van der Waals surface area contributed by atoms with E-state index in [0.29, 0.717) is 46.8 Å². The number of carbonyl (C=O) groups is 1. The first-order chi connectivity index (χ1) is 16.4. The Morgan fingerprint density at radius 2 is 2.12 bits per heavy atom. The van der Waals surface area contributed by atoms with Crippen LogP contribution in [0.15, 0.2) is 41.7 Å². The molecule has 0 bridgehead atoms. The summed E-state index contributed by atoms with van der Waals surface area (Å²) in [5, 5.41) is 0.598. The van der Waals surface area contributed by atoms with Gasteiger partial charge in [-0.05, 0) is 18.6 Å². The molecule has 5 rings (SSSR count). The van der Waals surface area contributed by atoms with Crippen molar-refractivity contribution in [3.05, 3.63) is 54.3 Å². The molecule has 172 valence electrons. The summed E-state index contributed by atoms with van der Waals surface area (Å²) in [4.78, 5) is 28.3. The van der Waals surface area contributed by atoms with Gasteiger partial charge in [0.05, 0.1) is 22.6 Å². The first-order valence-electron chi connectivity index (χ1n) is 10.7. The van der Waals surface area contributed by atoms with Crippen molar-refractivity contribution in [3.63, 3.8) is 0 Å². The van der Waals surface area contributed by atoms with Crippen LogP contribution < -0.4 is 10.6 Å². The highest BCUT2D eigenvalue weighted by atomic mass is 19.1. The van der Waals surface area contributed by atoms with Crippen molar-refractivity contribution >= 4 is 39.9 Å². The zero-order valence-electron chi connectivity index (χ0n) is 18.7. The highest BCUT2D eigenvalue weighted by Crippen LogP contribution is 2.31. The average molecular weight is 459 g/mol. The molecule has 1 aliphatic rings. The lowest BCUT2D eigenvalue weighted by Crippen LogP contribution is -2.27. The molecule has 9 nitrogen and oxygen atoms in total. The maximum absolute atomic E-state index is 14.7. The zero-order chi connectivity index (χ0) is 24.0. The van der Waals surface area contributed by atoms with Crippen molar-refractivity contribution in [2.24, 2.45) is 0 Å². The van der Waals surface area contributed by atoms with Crippen LogP contribution in [0.5, 0.6) is 0 Å². The number of benzene rings is 1. The van der Waals surface area contributed by atoms with Gasteiger partial charge in [-0.2, -0.15) is 4.98 Å². The largest absolute Gasteiger partial charge is 0.423 e. The van der Waals surface area contributed by atoms with Crippen LogP contribution in [0.25, 0.3) is 22.1 Å². The van der Waals surface area contributed by atoms with Gasteiger partial charge < -0.3 is 24.5 Å². The fourth-order valence-electron chi connectivity index (χ4n) is 4.14. The van der Waals surface area contributed by atoms with E-state index in [9.17, 15) is 9.18 Å². The van der Waals surface area contributed by atoms with Crippen molar-refractivity contribution < 1.29 is 13.6 Å². The van der Waals surface area contributed by atoms with Gasteiger partial charge in [-0.1, -0.05) is 18.4 Å². The number of nitrogens with zero attached hydrogens (tertiary/aromatic N) is 6. The molecule has 1 saturated heterocycles. The van der Waals surface area contributed by atoms with E-state index in [2.05, 4.69) is 33.4 Å². The maximum Gasteiger partial charge on any atom is 0.297 e. The number of anilines is 2. The van der Waals surface area contributed by atoms with Crippen molar-refractivity contribution in [1.82, 2.24) is 24.4 Å². The van der Waals surface area contributed by atoms with E-state index in [4.69, 9.17) is 10.2 Å². The number of hydrogen-bond donors (Lipinski definition) is 1. The van der Waals surface area contributed by atoms with Gasteiger partial charge in [0.25, 0.3) is 6.01 Å². The van der Waals surface area contributed by atoms with Gasteiger partial charge in [-0.3, -0.25) is 4.79 Å². The Labute approximate surface area is 194 Å². The lowest BCUT2D eigenvalue weighted by Gasteiger charge is -2.15. The number of amides is 1. The third-order valence-corrected chi connectivity index (χ3v) is 5.86. The SMILES string of the molecule is C=CC(=O)N1CC[C@H](n2cc(C#Cc3cc4nc(N(C)C)oc4cc3F)c3c(N)ncnc32)C1. The van der Waals surface area contributed by atoms with Crippen LogP contribution in [0.1, 0.15) is 23.6 Å². The van der Waals surface area contributed by atoms with Crippen molar-refractivity contribution in [1.29, 1.82) is 0 Å². The lowest BCUT2D eigenvalue weighted by atomic mass is 10.1. The molecule has 4 aromatic rings. The van der Waals surface area contributed by atoms with Crippen molar-refractivity contribution in [2.75, 3.05) is 37.8 Å². The number of carbonyl (C=O) groups excluding carboxylic acids is 1. The Morgan fingerprint density at radius 1 is 1.32 bits per heavy atom. The van der Waals surface area contributed by atoms with E-state index in [1.54, 1.807) is 30.0 Å². The van der Waals surface area contributed by atoms with Crippen LogP contribution in [0.4, 0.5) is 16.2 Å². The number of aromatic nitrogens is 4. The summed E-state index contributed by atoms with van der Waals surface area (Å²) < 4.78 is 22.2. The van der Waals surface area contributed by atoms with Crippen LogP contribution in [-0.4, -0.2) is 57.5 Å². The Morgan fingerprint density at radius 3 is 2.88 bits per heavy atom. The highest BCUT2D eigenvalue weighted by molar-refractivity contribution is 5.92. The predicted molar refractivity (Wildman–Crippen MR) is 127 cm³/mol. The topological polar surface area (TPSA) is 106 Å². The summed E-state index contributed by atoms with van der Waals surface area (Å²) >= 11 is 0. The Hall–Kier alpha value is -4.39. The van der Waals surface area contributed by atoms with Crippen molar-refractivity contribution in [3.8, 4) is 11.8 Å². The number of nitrogen functional groups attached to an aromatic ring is 1. The number of oxazole rings is 1. The molecule has 2 N–H and O–H groups in total. The zero-order valence-corrected chi connectivity index (χ0v) is 18.7. The normalized spacial score (nSPS) is 15.5. The average Bonchev–Trinajstić information content (AvgIpc) is 3.54. The predicted octanol–water partition coefficient (Wildman–Crippen LogP) is 2.72. The first kappa shape index (κ1) is 21.5. The summed E-state index contributed by atoms with van der Waals surface area (Å²) in [7, 11) is 3.59. The fourth-order valence-corrected chi connectivity index (χ4v) is 4.14. The molecule has 1 atom stereocenters. The molecular formula is C24H22FN7O2. The number of likely N-dealkylation sites (tertiary alicyclic amines) is 1. The molecule has 0 aliphatic carbocycles. The van der Waals surface area contributed by atoms with E-state index in [-0.39, 0.29) is 23.3 Å². The molecule has 0 radical (unpaired) electrons. The van der Waals surface area contributed by atoms with Crippen molar-refractivity contribution in [2.45, 2.75) is 12.5 Å². The molecule has 0 unspecified atom stereocenters. The molecule has 1 amide bonds. The summed E-state index contributed by atoms with van der Waals surface area (Å²) in [5.74, 6) is 5.60. The lowest BCUT2D eigenvalue weighted by molar-refractivity contribution is -0.125. The molecule has 4 heterocycles. The standard InChI is InChI=1S/C24H22FN7O2/c1-4-20(33)31-8-7-16(12-31)32-11-15(21-22(26)27-13-28-23(21)32)6-5-14-9-18-19(10-17(14)25)34-24(29-18)30(2)3/h4,9-11,13,16H,1,7-8,12H2,2-3H3,(H2,26,27,28)/t16-/m0/s1. The molecule has 0 spiro atoms. The maximum atomic E-state index is 14.7. The minimum atomic E-state index is -0.510. The summed E-state index contributed by atoms with van der Waals surface area (Å²) in [6.07, 6.45) is 5.31. The van der Waals surface area contributed by atoms with Crippen LogP contribution in [0.2, 0.25) is 0 Å².